The van der Waals surface area contributed by atoms with Crippen LogP contribution in [0.3, 0.4) is 0 Å². The summed E-state index contributed by atoms with van der Waals surface area (Å²) in [6.45, 7) is 1.81. The van der Waals surface area contributed by atoms with Crippen molar-refractivity contribution in [3.8, 4) is 0 Å². The number of ketones is 1. The molecule has 3 heteroatoms. The van der Waals surface area contributed by atoms with E-state index >= 15 is 0 Å². The van der Waals surface area contributed by atoms with Gasteiger partial charge < -0.3 is 10.2 Å². The van der Waals surface area contributed by atoms with Crippen LogP contribution >= 0.6 is 0 Å². The highest BCUT2D eigenvalue weighted by Gasteiger charge is 2.02. The fraction of sp³-hybridized carbons (Fsp3) is 0.889. The molecule has 1 unspecified atom stereocenters. The molecule has 0 radical (unpaired) electrons. The van der Waals surface area contributed by atoms with Crippen molar-refractivity contribution in [2.75, 3.05) is 6.61 Å². The van der Waals surface area contributed by atoms with E-state index in [1.54, 1.807) is 6.92 Å². The Balaban J connectivity index is 3.20. The van der Waals surface area contributed by atoms with Gasteiger partial charge in [-0.2, -0.15) is 0 Å². The molecule has 0 aliphatic heterocycles. The number of carbonyl (C=O) groups is 1. The first-order valence-electron chi connectivity index (χ1n) is 4.47. The van der Waals surface area contributed by atoms with Gasteiger partial charge in [-0.3, -0.25) is 4.79 Å². The maximum absolute atomic E-state index is 11.0. The van der Waals surface area contributed by atoms with E-state index < -0.39 is 0 Å². The summed E-state index contributed by atoms with van der Waals surface area (Å²) in [6, 6.07) is 0. The van der Waals surface area contributed by atoms with Crippen LogP contribution in [0.1, 0.15) is 39.0 Å². The molecule has 0 aliphatic rings. The fourth-order valence-electron chi connectivity index (χ4n) is 0.996. The van der Waals surface area contributed by atoms with Crippen LogP contribution in [-0.2, 0) is 4.79 Å². The zero-order chi connectivity index (χ0) is 9.40. The van der Waals surface area contributed by atoms with Crippen molar-refractivity contribution in [3.63, 3.8) is 0 Å². The van der Waals surface area contributed by atoms with E-state index in [4.69, 9.17) is 10.2 Å². The molecule has 0 rings (SSSR count). The molecule has 0 saturated carbocycles. The lowest BCUT2D eigenvalue weighted by Crippen LogP contribution is -2.03. The molecule has 3 nitrogen and oxygen atoms in total. The van der Waals surface area contributed by atoms with Gasteiger partial charge in [-0.15, -0.1) is 0 Å². The number of aliphatic hydroxyl groups excluding tert-OH is 2. The van der Waals surface area contributed by atoms with Gasteiger partial charge in [-0.1, -0.05) is 0 Å². The minimum atomic E-state index is -0.310. The number of Topliss-reactive ketones (excluding diaryl/α,β-unsaturated/α-hetero) is 1. The summed E-state index contributed by atoms with van der Waals surface area (Å²) in [5, 5.41) is 17.3. The summed E-state index contributed by atoms with van der Waals surface area (Å²) in [5.41, 5.74) is 0. The Morgan fingerprint density at radius 1 is 1.33 bits per heavy atom. The highest BCUT2D eigenvalue weighted by molar-refractivity contribution is 5.78. The Labute approximate surface area is 73.4 Å². The van der Waals surface area contributed by atoms with Crippen LogP contribution in [0.25, 0.3) is 0 Å². The lowest BCUT2D eigenvalue weighted by molar-refractivity contribution is -0.119. The number of hydrogen-bond acceptors (Lipinski definition) is 3. The average Bonchev–Trinajstić information content (AvgIpc) is 2.00. The third-order valence-electron chi connectivity index (χ3n) is 1.69. The smallest absolute Gasteiger partial charge is 0.133 e. The molecule has 0 fully saturated rings. The number of aliphatic hydroxyl groups is 2. The Morgan fingerprint density at radius 2 is 1.92 bits per heavy atom. The highest BCUT2D eigenvalue weighted by atomic mass is 16.3. The predicted molar refractivity (Wildman–Crippen MR) is 46.9 cm³/mol. The molecule has 2 N–H and O–H groups in total. The molecule has 0 amide bonds. The Morgan fingerprint density at radius 3 is 2.42 bits per heavy atom. The third-order valence-corrected chi connectivity index (χ3v) is 1.69. The van der Waals surface area contributed by atoms with Crippen LogP contribution in [0, 0.1) is 0 Å². The Hall–Kier alpha value is -0.410. The molecule has 0 heterocycles. The minimum Gasteiger partial charge on any atom is -0.396 e. The first-order valence-corrected chi connectivity index (χ1v) is 4.47. The molecular weight excluding hydrogens is 156 g/mol. The largest absolute Gasteiger partial charge is 0.396 e. The van der Waals surface area contributed by atoms with Crippen LogP contribution in [0.4, 0.5) is 0 Å². The van der Waals surface area contributed by atoms with Gasteiger partial charge in [0.2, 0.25) is 0 Å². The van der Waals surface area contributed by atoms with Crippen LogP contribution in [0.15, 0.2) is 0 Å². The van der Waals surface area contributed by atoms with Gasteiger partial charge in [0, 0.05) is 19.4 Å². The molecule has 0 aromatic rings. The molecule has 1 atom stereocenters. The third kappa shape index (κ3) is 7.69. The van der Waals surface area contributed by atoms with E-state index in [-0.39, 0.29) is 18.5 Å². The second-order valence-corrected chi connectivity index (χ2v) is 3.11. The van der Waals surface area contributed by atoms with Gasteiger partial charge in [-0.25, -0.2) is 0 Å². The Kier molecular flexibility index (Phi) is 7.00. The maximum Gasteiger partial charge on any atom is 0.133 e. The average molecular weight is 174 g/mol. The first kappa shape index (κ1) is 11.6. The summed E-state index contributed by atoms with van der Waals surface area (Å²) in [7, 11) is 0. The highest BCUT2D eigenvalue weighted by Crippen LogP contribution is 2.03. The lowest BCUT2D eigenvalue weighted by atomic mass is 10.1. The molecule has 0 aliphatic carbocycles. The van der Waals surface area contributed by atoms with Crippen molar-refractivity contribution in [2.24, 2.45) is 0 Å². The molecule has 0 aromatic heterocycles. The SMILES string of the molecule is CC(O)CCCC(=O)CCCO. The van der Waals surface area contributed by atoms with Crippen molar-refractivity contribution in [2.45, 2.75) is 45.1 Å². The quantitative estimate of drug-likeness (QED) is 0.602. The van der Waals surface area contributed by atoms with E-state index in [0.29, 0.717) is 25.7 Å². The van der Waals surface area contributed by atoms with Crippen LogP contribution in [0.5, 0.6) is 0 Å². The summed E-state index contributed by atoms with van der Waals surface area (Å²) in [5.74, 6) is 0.185. The summed E-state index contributed by atoms with van der Waals surface area (Å²) < 4.78 is 0. The summed E-state index contributed by atoms with van der Waals surface area (Å²) in [4.78, 5) is 11.0. The fourth-order valence-corrected chi connectivity index (χ4v) is 0.996. The maximum atomic E-state index is 11.0. The van der Waals surface area contributed by atoms with E-state index in [1.807, 2.05) is 0 Å². The van der Waals surface area contributed by atoms with Crippen molar-refractivity contribution in [1.29, 1.82) is 0 Å². The van der Waals surface area contributed by atoms with Gasteiger partial charge >= 0.3 is 0 Å². The zero-order valence-corrected chi connectivity index (χ0v) is 7.62. The summed E-state index contributed by atoms with van der Waals surface area (Å²) >= 11 is 0. The van der Waals surface area contributed by atoms with Gasteiger partial charge in [0.15, 0.2) is 0 Å². The van der Waals surface area contributed by atoms with E-state index in [2.05, 4.69) is 0 Å². The van der Waals surface area contributed by atoms with E-state index in [1.165, 1.54) is 0 Å². The molecule has 0 spiro atoms. The molecule has 0 saturated heterocycles. The number of carbonyl (C=O) groups excluding carboxylic acids is 1. The topological polar surface area (TPSA) is 57.5 Å². The molecular formula is C9H18O3. The molecule has 12 heavy (non-hydrogen) atoms. The second kappa shape index (κ2) is 7.25. The number of rotatable bonds is 7. The summed E-state index contributed by atoms with van der Waals surface area (Å²) in [6.07, 6.45) is 2.69. The lowest BCUT2D eigenvalue weighted by Gasteiger charge is -2.02. The van der Waals surface area contributed by atoms with Crippen LogP contribution in [-0.4, -0.2) is 28.7 Å². The van der Waals surface area contributed by atoms with E-state index in [0.717, 1.165) is 6.42 Å². The van der Waals surface area contributed by atoms with Crippen molar-refractivity contribution in [1.82, 2.24) is 0 Å². The van der Waals surface area contributed by atoms with Crippen molar-refractivity contribution >= 4 is 5.78 Å². The van der Waals surface area contributed by atoms with Crippen LogP contribution in [0.2, 0.25) is 0 Å². The monoisotopic (exact) mass is 174 g/mol. The van der Waals surface area contributed by atoms with Gasteiger partial charge in [-0.05, 0) is 26.2 Å². The minimum absolute atomic E-state index is 0.0855. The van der Waals surface area contributed by atoms with Gasteiger partial charge in [0.1, 0.15) is 5.78 Å². The van der Waals surface area contributed by atoms with Gasteiger partial charge in [0.25, 0.3) is 0 Å². The van der Waals surface area contributed by atoms with Crippen molar-refractivity contribution < 1.29 is 15.0 Å². The first-order chi connectivity index (χ1) is 5.66. The van der Waals surface area contributed by atoms with E-state index in [9.17, 15) is 4.79 Å². The standard InChI is InChI=1S/C9H18O3/c1-8(11)4-2-5-9(12)6-3-7-10/h8,10-11H,2-7H2,1H3. The zero-order valence-electron chi connectivity index (χ0n) is 7.62. The Bertz CT molecular complexity index is 121. The normalized spacial score (nSPS) is 12.9. The molecule has 72 valence electrons. The second-order valence-electron chi connectivity index (χ2n) is 3.11. The van der Waals surface area contributed by atoms with Crippen LogP contribution < -0.4 is 0 Å². The molecule has 0 aromatic carbocycles. The van der Waals surface area contributed by atoms with Crippen molar-refractivity contribution in [3.05, 3.63) is 0 Å². The predicted octanol–water partition coefficient (Wildman–Crippen LogP) is 0.879. The van der Waals surface area contributed by atoms with Gasteiger partial charge in [0.05, 0.1) is 6.10 Å². The molecule has 0 bridgehead atoms. The number of hydrogen-bond donors (Lipinski definition) is 2.